The minimum absolute atomic E-state index is 0.156. The van der Waals surface area contributed by atoms with Gasteiger partial charge in [-0.2, -0.15) is 13.2 Å². The van der Waals surface area contributed by atoms with Crippen molar-refractivity contribution in [2.75, 3.05) is 6.54 Å². The zero-order valence-corrected chi connectivity index (χ0v) is 13.1. The fourth-order valence-electron chi connectivity index (χ4n) is 2.27. The lowest BCUT2D eigenvalue weighted by Crippen LogP contribution is -2.31. The standard InChI is InChI=1S/C14H13F3INO2/c15-14(16,17)8-9(18)4-3-7-19-12(20)10-5-1-2-6-11(10)13(19)21/h1-2,5-6,9H,3-4,7-8H2. The van der Waals surface area contributed by atoms with E-state index >= 15 is 0 Å². The molecule has 1 aliphatic rings. The second-order valence-corrected chi connectivity index (χ2v) is 6.63. The van der Waals surface area contributed by atoms with Crippen molar-refractivity contribution in [1.82, 2.24) is 4.90 Å². The SMILES string of the molecule is O=C1c2ccccc2C(=O)N1CCCC(I)CC(F)(F)F. The Morgan fingerprint density at radius 3 is 2.10 bits per heavy atom. The molecule has 1 heterocycles. The topological polar surface area (TPSA) is 37.4 Å². The fourth-order valence-corrected chi connectivity index (χ4v) is 3.21. The van der Waals surface area contributed by atoms with Gasteiger partial charge in [-0.1, -0.05) is 34.7 Å². The molecule has 0 aliphatic carbocycles. The Morgan fingerprint density at radius 2 is 1.62 bits per heavy atom. The van der Waals surface area contributed by atoms with Crippen LogP contribution in [0, 0.1) is 0 Å². The molecule has 0 saturated heterocycles. The van der Waals surface area contributed by atoms with Crippen molar-refractivity contribution in [3.63, 3.8) is 0 Å². The van der Waals surface area contributed by atoms with E-state index in [-0.39, 0.29) is 18.4 Å². The third kappa shape index (κ3) is 3.96. The quantitative estimate of drug-likeness (QED) is 0.420. The summed E-state index contributed by atoms with van der Waals surface area (Å²) in [5.74, 6) is -0.729. The van der Waals surface area contributed by atoms with Gasteiger partial charge in [0.1, 0.15) is 0 Å². The first-order valence-electron chi connectivity index (χ1n) is 6.45. The Hall–Kier alpha value is -1.12. The number of imide groups is 1. The van der Waals surface area contributed by atoms with Crippen molar-refractivity contribution in [3.8, 4) is 0 Å². The number of hydrogen-bond acceptors (Lipinski definition) is 2. The van der Waals surface area contributed by atoms with Crippen LogP contribution in [0.3, 0.4) is 0 Å². The lowest BCUT2D eigenvalue weighted by molar-refractivity contribution is -0.133. The average Bonchev–Trinajstić information content (AvgIpc) is 2.62. The molecule has 0 aromatic heterocycles. The summed E-state index contributed by atoms with van der Waals surface area (Å²) in [5.41, 5.74) is 0.729. The highest BCUT2D eigenvalue weighted by molar-refractivity contribution is 14.1. The predicted molar refractivity (Wildman–Crippen MR) is 79.5 cm³/mol. The van der Waals surface area contributed by atoms with Gasteiger partial charge in [-0.15, -0.1) is 0 Å². The van der Waals surface area contributed by atoms with E-state index in [1.165, 1.54) is 0 Å². The third-order valence-electron chi connectivity index (χ3n) is 3.23. The molecule has 0 radical (unpaired) electrons. The average molecular weight is 411 g/mol. The zero-order valence-electron chi connectivity index (χ0n) is 11.0. The number of amides is 2. The molecule has 21 heavy (non-hydrogen) atoms. The van der Waals surface area contributed by atoms with Crippen LogP contribution < -0.4 is 0 Å². The summed E-state index contributed by atoms with van der Waals surface area (Å²) in [6.07, 6.45) is -4.35. The van der Waals surface area contributed by atoms with Crippen LogP contribution in [0.2, 0.25) is 0 Å². The molecular formula is C14H13F3INO2. The number of carbonyl (C=O) groups is 2. The van der Waals surface area contributed by atoms with E-state index in [4.69, 9.17) is 0 Å². The van der Waals surface area contributed by atoms with E-state index < -0.39 is 16.5 Å². The van der Waals surface area contributed by atoms with E-state index in [1.807, 2.05) is 0 Å². The molecule has 1 atom stereocenters. The number of rotatable bonds is 5. The molecule has 0 spiro atoms. The monoisotopic (exact) mass is 411 g/mol. The fraction of sp³-hybridized carbons (Fsp3) is 0.429. The second-order valence-electron chi connectivity index (χ2n) is 4.87. The summed E-state index contributed by atoms with van der Waals surface area (Å²) in [5, 5.41) is 0. The van der Waals surface area contributed by atoms with E-state index in [0.717, 1.165) is 4.90 Å². The van der Waals surface area contributed by atoms with E-state index in [9.17, 15) is 22.8 Å². The number of nitrogens with zero attached hydrogens (tertiary/aromatic N) is 1. The molecule has 2 rings (SSSR count). The first-order valence-corrected chi connectivity index (χ1v) is 7.70. The molecule has 1 aromatic carbocycles. The molecule has 7 heteroatoms. The molecule has 1 aromatic rings. The van der Waals surface area contributed by atoms with Crippen LogP contribution in [-0.2, 0) is 0 Å². The minimum atomic E-state index is -4.18. The van der Waals surface area contributed by atoms with Crippen molar-refractivity contribution in [2.45, 2.75) is 29.4 Å². The summed E-state index contributed by atoms with van der Waals surface area (Å²) in [4.78, 5) is 25.2. The van der Waals surface area contributed by atoms with Crippen LogP contribution in [0.15, 0.2) is 24.3 Å². The van der Waals surface area contributed by atoms with Gasteiger partial charge in [0.2, 0.25) is 0 Å². The second kappa shape index (κ2) is 6.33. The highest BCUT2D eigenvalue weighted by Crippen LogP contribution is 2.28. The van der Waals surface area contributed by atoms with Gasteiger partial charge in [0.15, 0.2) is 0 Å². The molecule has 0 bridgehead atoms. The molecule has 1 unspecified atom stereocenters. The van der Waals surface area contributed by atoms with Gasteiger partial charge in [-0.25, -0.2) is 0 Å². The van der Waals surface area contributed by atoms with Crippen molar-refractivity contribution < 1.29 is 22.8 Å². The molecule has 0 fully saturated rings. The normalized spacial score (nSPS) is 16.3. The van der Waals surface area contributed by atoms with Crippen LogP contribution in [0.5, 0.6) is 0 Å². The van der Waals surface area contributed by atoms with Gasteiger partial charge in [0, 0.05) is 10.5 Å². The van der Waals surface area contributed by atoms with E-state index in [0.29, 0.717) is 24.0 Å². The lowest BCUT2D eigenvalue weighted by atomic mass is 10.1. The molecule has 2 amide bonds. The highest BCUT2D eigenvalue weighted by Gasteiger charge is 2.35. The van der Waals surface area contributed by atoms with E-state index in [1.54, 1.807) is 46.9 Å². The summed E-state index contributed by atoms with van der Waals surface area (Å²) in [7, 11) is 0. The van der Waals surface area contributed by atoms with Crippen LogP contribution >= 0.6 is 22.6 Å². The highest BCUT2D eigenvalue weighted by atomic mass is 127. The van der Waals surface area contributed by atoms with Crippen molar-refractivity contribution in [3.05, 3.63) is 35.4 Å². The van der Waals surface area contributed by atoms with Crippen LogP contribution in [0.1, 0.15) is 40.0 Å². The zero-order chi connectivity index (χ0) is 15.6. The van der Waals surface area contributed by atoms with Crippen molar-refractivity contribution in [1.29, 1.82) is 0 Å². The van der Waals surface area contributed by atoms with Crippen LogP contribution in [-0.4, -0.2) is 33.4 Å². The number of alkyl halides is 4. The van der Waals surface area contributed by atoms with Gasteiger partial charge in [-0.3, -0.25) is 14.5 Å². The van der Waals surface area contributed by atoms with Gasteiger partial charge in [0.05, 0.1) is 17.5 Å². The number of halogens is 4. The van der Waals surface area contributed by atoms with Crippen LogP contribution in [0.4, 0.5) is 13.2 Å². The molecule has 0 saturated carbocycles. The summed E-state index contributed by atoms with van der Waals surface area (Å²) in [6.45, 7) is 0.156. The Balaban J connectivity index is 1.88. The third-order valence-corrected chi connectivity index (χ3v) is 4.29. The van der Waals surface area contributed by atoms with Gasteiger partial charge >= 0.3 is 6.18 Å². The Kier molecular flexibility index (Phi) is 4.90. The molecule has 1 aliphatic heterocycles. The van der Waals surface area contributed by atoms with Gasteiger partial charge in [-0.05, 0) is 25.0 Å². The van der Waals surface area contributed by atoms with Crippen molar-refractivity contribution >= 4 is 34.4 Å². The molecule has 0 N–H and O–H groups in total. The smallest absolute Gasteiger partial charge is 0.274 e. The number of hydrogen-bond donors (Lipinski definition) is 0. The summed E-state index contributed by atoms with van der Waals surface area (Å²) >= 11 is 1.76. The number of carbonyl (C=O) groups excluding carboxylic acids is 2. The van der Waals surface area contributed by atoms with Gasteiger partial charge in [0.25, 0.3) is 11.8 Å². The minimum Gasteiger partial charge on any atom is -0.274 e. The summed E-state index contributed by atoms with van der Waals surface area (Å²) in [6, 6.07) is 6.52. The maximum Gasteiger partial charge on any atom is 0.390 e. The van der Waals surface area contributed by atoms with Crippen LogP contribution in [0.25, 0.3) is 0 Å². The predicted octanol–water partition coefficient (Wildman–Crippen LogP) is 3.82. The molecule has 114 valence electrons. The van der Waals surface area contributed by atoms with E-state index in [2.05, 4.69) is 0 Å². The molecular weight excluding hydrogens is 398 g/mol. The molecule has 3 nitrogen and oxygen atoms in total. The first kappa shape index (κ1) is 16.3. The summed E-state index contributed by atoms with van der Waals surface area (Å²) < 4.78 is 36.1. The Labute approximate surface area is 133 Å². The number of benzene rings is 1. The lowest BCUT2D eigenvalue weighted by Gasteiger charge is -2.16. The Bertz CT molecular complexity index is 524. The largest absolute Gasteiger partial charge is 0.390 e. The van der Waals surface area contributed by atoms with Gasteiger partial charge < -0.3 is 0 Å². The number of fused-ring (bicyclic) bond motifs is 1. The first-order chi connectivity index (χ1) is 9.79. The Morgan fingerprint density at radius 1 is 1.10 bits per heavy atom. The maximum atomic E-state index is 12.2. The maximum absolute atomic E-state index is 12.2. The van der Waals surface area contributed by atoms with Crippen molar-refractivity contribution in [2.24, 2.45) is 0 Å².